The maximum absolute atomic E-state index is 9.54. The molecule has 0 spiro atoms. The zero-order valence-corrected chi connectivity index (χ0v) is 9.61. The van der Waals surface area contributed by atoms with Crippen molar-refractivity contribution in [3.05, 3.63) is 0 Å². The lowest BCUT2D eigenvalue weighted by Gasteiger charge is -2.27. The molecule has 2 rings (SSSR count). The number of hydrogen-bond donors (Lipinski definition) is 2. The highest BCUT2D eigenvalue weighted by Gasteiger charge is 2.24. The number of hydrogen-bond acceptors (Lipinski definition) is 3. The smallest absolute Gasteiger partial charge is 0.0704 e. The molecule has 3 nitrogen and oxygen atoms in total. The first-order valence-electron chi connectivity index (χ1n) is 6.31. The van der Waals surface area contributed by atoms with Gasteiger partial charge in [-0.2, -0.15) is 0 Å². The highest BCUT2D eigenvalue weighted by atomic mass is 16.5. The van der Waals surface area contributed by atoms with Gasteiger partial charge in [-0.3, -0.25) is 0 Å². The maximum atomic E-state index is 9.54. The predicted molar refractivity (Wildman–Crippen MR) is 59.8 cm³/mol. The van der Waals surface area contributed by atoms with E-state index in [0.29, 0.717) is 18.2 Å². The molecule has 0 bridgehead atoms. The molecule has 2 N–H and O–H groups in total. The molecule has 0 aromatic carbocycles. The van der Waals surface area contributed by atoms with E-state index in [1.807, 2.05) is 0 Å². The normalized spacial score (nSPS) is 42.0. The molecule has 0 radical (unpaired) electrons. The average Bonchev–Trinajstić information content (AvgIpc) is 2.62. The molecule has 15 heavy (non-hydrogen) atoms. The summed E-state index contributed by atoms with van der Waals surface area (Å²) in [5.74, 6) is 0. The Hall–Kier alpha value is -0.120. The molecule has 0 amide bonds. The van der Waals surface area contributed by atoms with E-state index in [-0.39, 0.29) is 6.10 Å². The van der Waals surface area contributed by atoms with Crippen molar-refractivity contribution in [1.29, 1.82) is 0 Å². The van der Waals surface area contributed by atoms with Gasteiger partial charge in [0.05, 0.1) is 18.3 Å². The van der Waals surface area contributed by atoms with Crippen molar-refractivity contribution >= 4 is 0 Å². The Morgan fingerprint density at radius 2 is 2.13 bits per heavy atom. The first kappa shape index (κ1) is 11.4. The molecule has 4 unspecified atom stereocenters. The molecule has 1 aliphatic carbocycles. The summed E-state index contributed by atoms with van der Waals surface area (Å²) in [6.07, 6.45) is 7.40. The summed E-state index contributed by atoms with van der Waals surface area (Å²) < 4.78 is 5.75. The molecule has 1 heterocycles. The molecular weight excluding hydrogens is 190 g/mol. The fourth-order valence-corrected chi connectivity index (χ4v) is 2.68. The third-order valence-corrected chi connectivity index (χ3v) is 3.60. The number of nitrogens with one attached hydrogen (secondary N) is 1. The number of ether oxygens (including phenoxy) is 1. The first-order valence-corrected chi connectivity index (χ1v) is 6.31. The van der Waals surface area contributed by atoms with Crippen molar-refractivity contribution in [2.75, 3.05) is 6.54 Å². The SMILES string of the molecule is CC1CCC(CNC2CCCC(O)C2)O1. The van der Waals surface area contributed by atoms with E-state index < -0.39 is 0 Å². The largest absolute Gasteiger partial charge is 0.393 e. The minimum absolute atomic E-state index is 0.0836. The minimum Gasteiger partial charge on any atom is -0.393 e. The number of rotatable bonds is 3. The van der Waals surface area contributed by atoms with E-state index in [9.17, 15) is 5.11 Å². The zero-order valence-electron chi connectivity index (χ0n) is 9.61. The van der Waals surface area contributed by atoms with Crippen molar-refractivity contribution in [3.8, 4) is 0 Å². The molecule has 3 heteroatoms. The van der Waals surface area contributed by atoms with E-state index in [2.05, 4.69) is 12.2 Å². The van der Waals surface area contributed by atoms with Gasteiger partial charge in [0.15, 0.2) is 0 Å². The van der Waals surface area contributed by atoms with Crippen LogP contribution in [0.15, 0.2) is 0 Å². The van der Waals surface area contributed by atoms with Crippen molar-refractivity contribution in [2.45, 2.75) is 69.8 Å². The van der Waals surface area contributed by atoms with Crippen LogP contribution in [-0.4, -0.2) is 36.0 Å². The van der Waals surface area contributed by atoms with Gasteiger partial charge in [-0.1, -0.05) is 0 Å². The monoisotopic (exact) mass is 213 g/mol. The fraction of sp³-hybridized carbons (Fsp3) is 1.00. The molecule has 1 saturated heterocycles. The number of aliphatic hydroxyl groups excluding tert-OH is 1. The molecule has 2 fully saturated rings. The van der Waals surface area contributed by atoms with E-state index in [1.54, 1.807) is 0 Å². The summed E-state index contributed by atoms with van der Waals surface area (Å²) >= 11 is 0. The lowest BCUT2D eigenvalue weighted by atomic mass is 9.93. The highest BCUT2D eigenvalue weighted by molar-refractivity contribution is 4.80. The van der Waals surface area contributed by atoms with Crippen LogP contribution in [0.2, 0.25) is 0 Å². The van der Waals surface area contributed by atoms with Gasteiger partial charge in [0, 0.05) is 12.6 Å². The van der Waals surface area contributed by atoms with Crippen LogP contribution in [0.25, 0.3) is 0 Å². The molecule has 1 saturated carbocycles. The summed E-state index contributed by atoms with van der Waals surface area (Å²) in [6, 6.07) is 0.508. The standard InChI is InChI=1S/C12H23NO2/c1-9-5-6-12(15-9)8-13-10-3-2-4-11(14)7-10/h9-14H,2-8H2,1H3. The van der Waals surface area contributed by atoms with Gasteiger partial charge in [-0.15, -0.1) is 0 Å². The van der Waals surface area contributed by atoms with Crippen LogP contribution in [0.4, 0.5) is 0 Å². The Morgan fingerprint density at radius 3 is 2.80 bits per heavy atom. The van der Waals surface area contributed by atoms with Crippen molar-refractivity contribution in [1.82, 2.24) is 5.32 Å². The molecule has 0 aromatic rings. The Morgan fingerprint density at radius 1 is 1.27 bits per heavy atom. The van der Waals surface area contributed by atoms with Crippen molar-refractivity contribution < 1.29 is 9.84 Å². The van der Waals surface area contributed by atoms with E-state index in [1.165, 1.54) is 19.3 Å². The highest BCUT2D eigenvalue weighted by Crippen LogP contribution is 2.21. The third-order valence-electron chi connectivity index (χ3n) is 3.60. The fourth-order valence-electron chi connectivity index (χ4n) is 2.68. The van der Waals surface area contributed by atoms with Gasteiger partial charge < -0.3 is 15.2 Å². The van der Waals surface area contributed by atoms with Gasteiger partial charge in [0.25, 0.3) is 0 Å². The predicted octanol–water partition coefficient (Wildman–Crippen LogP) is 1.45. The summed E-state index contributed by atoms with van der Waals surface area (Å²) in [6.45, 7) is 3.10. The Balaban J connectivity index is 1.64. The topological polar surface area (TPSA) is 41.5 Å². The van der Waals surface area contributed by atoms with E-state index in [4.69, 9.17) is 4.74 Å². The molecule has 1 aliphatic heterocycles. The van der Waals surface area contributed by atoms with Gasteiger partial charge in [0.2, 0.25) is 0 Å². The molecule has 2 aliphatic rings. The van der Waals surface area contributed by atoms with Gasteiger partial charge in [0.1, 0.15) is 0 Å². The summed E-state index contributed by atoms with van der Waals surface area (Å²) in [7, 11) is 0. The van der Waals surface area contributed by atoms with E-state index in [0.717, 1.165) is 25.8 Å². The quantitative estimate of drug-likeness (QED) is 0.745. The molecule has 4 atom stereocenters. The van der Waals surface area contributed by atoms with Crippen molar-refractivity contribution in [2.24, 2.45) is 0 Å². The van der Waals surface area contributed by atoms with Crippen LogP contribution in [-0.2, 0) is 4.74 Å². The Bertz CT molecular complexity index is 198. The molecular formula is C12H23NO2. The summed E-state index contributed by atoms with van der Waals surface area (Å²) in [4.78, 5) is 0. The van der Waals surface area contributed by atoms with Crippen LogP contribution in [0.1, 0.15) is 45.4 Å². The second-order valence-electron chi connectivity index (χ2n) is 5.07. The zero-order chi connectivity index (χ0) is 10.7. The van der Waals surface area contributed by atoms with Crippen LogP contribution >= 0.6 is 0 Å². The van der Waals surface area contributed by atoms with Gasteiger partial charge >= 0.3 is 0 Å². The summed E-state index contributed by atoms with van der Waals surface area (Å²) in [5, 5.41) is 13.1. The van der Waals surface area contributed by atoms with Crippen LogP contribution < -0.4 is 5.32 Å². The van der Waals surface area contributed by atoms with Crippen LogP contribution in [0, 0.1) is 0 Å². The maximum Gasteiger partial charge on any atom is 0.0704 e. The van der Waals surface area contributed by atoms with Crippen molar-refractivity contribution in [3.63, 3.8) is 0 Å². The Kier molecular flexibility index (Phi) is 4.00. The third kappa shape index (κ3) is 3.44. The first-order chi connectivity index (χ1) is 7.24. The van der Waals surface area contributed by atoms with Gasteiger partial charge in [-0.05, 0) is 45.4 Å². The number of aliphatic hydroxyl groups is 1. The molecule has 88 valence electrons. The van der Waals surface area contributed by atoms with Gasteiger partial charge in [-0.25, -0.2) is 0 Å². The van der Waals surface area contributed by atoms with Crippen LogP contribution in [0.3, 0.4) is 0 Å². The van der Waals surface area contributed by atoms with Crippen LogP contribution in [0.5, 0.6) is 0 Å². The minimum atomic E-state index is -0.0836. The Labute approximate surface area is 92.2 Å². The summed E-state index contributed by atoms with van der Waals surface area (Å²) in [5.41, 5.74) is 0. The second kappa shape index (κ2) is 5.28. The lowest BCUT2D eigenvalue weighted by Crippen LogP contribution is -2.40. The second-order valence-corrected chi connectivity index (χ2v) is 5.07. The van der Waals surface area contributed by atoms with E-state index >= 15 is 0 Å². The lowest BCUT2D eigenvalue weighted by molar-refractivity contribution is 0.0493. The average molecular weight is 213 g/mol. The molecule has 0 aromatic heterocycles.